The van der Waals surface area contributed by atoms with Crippen LogP contribution in [0.2, 0.25) is 0 Å². The number of nitrogens with one attached hydrogen (secondary N) is 3. The van der Waals surface area contributed by atoms with Gasteiger partial charge in [-0.25, -0.2) is 4.79 Å². The van der Waals surface area contributed by atoms with Crippen LogP contribution in [-0.2, 0) is 12.6 Å². The average Bonchev–Trinajstić information content (AvgIpc) is 3.38. The van der Waals surface area contributed by atoms with Crippen molar-refractivity contribution in [1.29, 1.82) is 0 Å². The number of alkyl halides is 3. The number of rotatable bonds is 7. The van der Waals surface area contributed by atoms with E-state index >= 15 is 0 Å². The van der Waals surface area contributed by atoms with E-state index in [9.17, 15) is 18.0 Å². The molecule has 1 aliphatic rings. The van der Waals surface area contributed by atoms with Crippen molar-refractivity contribution >= 4 is 28.7 Å². The van der Waals surface area contributed by atoms with Gasteiger partial charge in [0.1, 0.15) is 0 Å². The van der Waals surface area contributed by atoms with Crippen LogP contribution in [0.3, 0.4) is 0 Å². The van der Waals surface area contributed by atoms with Crippen LogP contribution < -0.4 is 16.0 Å². The predicted molar refractivity (Wildman–Crippen MR) is 119 cm³/mol. The molecular formula is C23H22F3N3OS. The van der Waals surface area contributed by atoms with Gasteiger partial charge in [-0.1, -0.05) is 18.2 Å². The number of benzene rings is 2. The maximum atomic E-state index is 12.9. The van der Waals surface area contributed by atoms with Crippen LogP contribution in [-0.4, -0.2) is 18.6 Å². The standard InChI is InChI=1S/C23H22F3N3OS/c24-23(25,26)17-2-1-3-19(13-17)28-22(30)29-21-12-15(8-10-27-18-5-6-18)4-7-20(21)16-9-11-31-14-16/h1-4,7,9,11-14,18,27H,5-6,8,10H2,(H2,28,29,30). The summed E-state index contributed by atoms with van der Waals surface area (Å²) in [6.45, 7) is 0.859. The Morgan fingerprint density at radius 3 is 2.61 bits per heavy atom. The highest BCUT2D eigenvalue weighted by molar-refractivity contribution is 7.08. The van der Waals surface area contributed by atoms with Crippen LogP contribution in [0.15, 0.2) is 59.3 Å². The normalized spacial score (nSPS) is 13.8. The molecule has 4 nitrogen and oxygen atoms in total. The minimum atomic E-state index is -4.47. The Hall–Kier alpha value is -2.84. The van der Waals surface area contributed by atoms with Crippen LogP contribution in [0.4, 0.5) is 29.3 Å². The first-order valence-electron chi connectivity index (χ1n) is 10.0. The van der Waals surface area contributed by atoms with Crippen molar-refractivity contribution in [3.05, 3.63) is 70.4 Å². The molecule has 0 aliphatic heterocycles. The molecule has 2 amide bonds. The summed E-state index contributed by atoms with van der Waals surface area (Å²) < 4.78 is 38.8. The molecule has 0 saturated heterocycles. The number of hydrogen-bond donors (Lipinski definition) is 3. The molecule has 1 aromatic heterocycles. The lowest BCUT2D eigenvalue weighted by Gasteiger charge is -2.14. The molecule has 1 fully saturated rings. The highest BCUT2D eigenvalue weighted by Crippen LogP contribution is 2.32. The van der Waals surface area contributed by atoms with Crippen molar-refractivity contribution < 1.29 is 18.0 Å². The summed E-state index contributed by atoms with van der Waals surface area (Å²) in [5, 5.41) is 12.7. The van der Waals surface area contributed by atoms with Crippen LogP contribution in [0.5, 0.6) is 0 Å². The molecule has 3 aromatic rings. The van der Waals surface area contributed by atoms with E-state index in [1.54, 1.807) is 11.3 Å². The van der Waals surface area contributed by atoms with Gasteiger partial charge in [0.05, 0.1) is 11.3 Å². The summed E-state index contributed by atoms with van der Waals surface area (Å²) in [6.07, 6.45) is -1.20. The van der Waals surface area contributed by atoms with Gasteiger partial charge in [0.15, 0.2) is 0 Å². The van der Waals surface area contributed by atoms with Gasteiger partial charge in [0, 0.05) is 17.3 Å². The zero-order valence-electron chi connectivity index (χ0n) is 16.6. The van der Waals surface area contributed by atoms with E-state index in [4.69, 9.17) is 0 Å². The number of halogens is 3. The van der Waals surface area contributed by atoms with Gasteiger partial charge in [-0.15, -0.1) is 0 Å². The Kier molecular flexibility index (Phi) is 6.29. The molecule has 8 heteroatoms. The molecule has 0 spiro atoms. The smallest absolute Gasteiger partial charge is 0.314 e. The number of amides is 2. The maximum absolute atomic E-state index is 12.9. The van der Waals surface area contributed by atoms with Crippen LogP contribution in [0, 0.1) is 0 Å². The molecule has 4 rings (SSSR count). The molecule has 0 atom stereocenters. The lowest BCUT2D eigenvalue weighted by molar-refractivity contribution is -0.137. The molecular weight excluding hydrogens is 423 g/mol. The molecule has 3 N–H and O–H groups in total. The van der Waals surface area contributed by atoms with Gasteiger partial charge in [-0.2, -0.15) is 24.5 Å². The number of thiophene rings is 1. The first kappa shape index (κ1) is 21.4. The highest BCUT2D eigenvalue weighted by atomic mass is 32.1. The second-order valence-corrected chi connectivity index (χ2v) is 8.31. The maximum Gasteiger partial charge on any atom is 0.416 e. The van der Waals surface area contributed by atoms with Crippen molar-refractivity contribution in [2.24, 2.45) is 0 Å². The van der Waals surface area contributed by atoms with Gasteiger partial charge in [0.2, 0.25) is 0 Å². The van der Waals surface area contributed by atoms with Gasteiger partial charge in [0.25, 0.3) is 0 Å². The molecule has 162 valence electrons. The molecule has 1 aliphatic carbocycles. The van der Waals surface area contributed by atoms with Gasteiger partial charge >= 0.3 is 12.2 Å². The summed E-state index contributed by atoms with van der Waals surface area (Å²) in [5.41, 5.74) is 2.79. The van der Waals surface area contributed by atoms with E-state index in [-0.39, 0.29) is 5.69 Å². The van der Waals surface area contributed by atoms with Crippen molar-refractivity contribution in [2.75, 3.05) is 17.2 Å². The Morgan fingerprint density at radius 1 is 1.06 bits per heavy atom. The number of anilines is 2. The monoisotopic (exact) mass is 445 g/mol. The first-order valence-corrected chi connectivity index (χ1v) is 11.0. The second kappa shape index (κ2) is 9.11. The van der Waals surface area contributed by atoms with Crippen molar-refractivity contribution in [1.82, 2.24) is 5.32 Å². The third-order valence-corrected chi connectivity index (χ3v) is 5.72. The topological polar surface area (TPSA) is 53.2 Å². The quantitative estimate of drug-likeness (QED) is 0.396. The molecule has 0 radical (unpaired) electrons. The summed E-state index contributed by atoms with van der Waals surface area (Å²) in [5.74, 6) is 0. The fourth-order valence-electron chi connectivity index (χ4n) is 3.29. The van der Waals surface area contributed by atoms with Crippen LogP contribution >= 0.6 is 11.3 Å². The molecule has 2 aromatic carbocycles. The number of carbonyl (C=O) groups excluding carboxylic acids is 1. The third-order valence-electron chi connectivity index (χ3n) is 5.04. The summed E-state index contributed by atoms with van der Waals surface area (Å²) in [7, 11) is 0. The SMILES string of the molecule is O=C(Nc1cccc(C(F)(F)F)c1)Nc1cc(CCNC2CC2)ccc1-c1ccsc1. The molecule has 1 saturated carbocycles. The largest absolute Gasteiger partial charge is 0.416 e. The second-order valence-electron chi connectivity index (χ2n) is 7.53. The van der Waals surface area contributed by atoms with E-state index < -0.39 is 17.8 Å². The van der Waals surface area contributed by atoms with Crippen LogP contribution in [0.1, 0.15) is 24.0 Å². The van der Waals surface area contributed by atoms with Crippen molar-refractivity contribution in [3.8, 4) is 11.1 Å². The molecule has 1 heterocycles. The molecule has 31 heavy (non-hydrogen) atoms. The minimum absolute atomic E-state index is 0.0780. The Balaban J connectivity index is 1.50. The van der Waals surface area contributed by atoms with E-state index in [2.05, 4.69) is 16.0 Å². The van der Waals surface area contributed by atoms with E-state index in [1.165, 1.54) is 25.0 Å². The summed E-state index contributed by atoms with van der Waals surface area (Å²) >= 11 is 1.55. The zero-order valence-corrected chi connectivity index (χ0v) is 17.4. The molecule has 0 bridgehead atoms. The minimum Gasteiger partial charge on any atom is -0.314 e. The van der Waals surface area contributed by atoms with Crippen molar-refractivity contribution in [3.63, 3.8) is 0 Å². The first-order chi connectivity index (χ1) is 14.9. The predicted octanol–water partition coefficient (Wildman–Crippen LogP) is 6.37. The molecule has 0 unspecified atom stereocenters. The fourth-order valence-corrected chi connectivity index (χ4v) is 3.94. The number of urea groups is 1. The average molecular weight is 446 g/mol. The lowest BCUT2D eigenvalue weighted by Crippen LogP contribution is -2.21. The lowest BCUT2D eigenvalue weighted by atomic mass is 10.0. The van der Waals surface area contributed by atoms with Crippen LogP contribution in [0.25, 0.3) is 11.1 Å². The highest BCUT2D eigenvalue weighted by Gasteiger charge is 2.30. The van der Waals surface area contributed by atoms with E-state index in [0.717, 1.165) is 41.8 Å². The Morgan fingerprint density at radius 2 is 1.90 bits per heavy atom. The summed E-state index contributed by atoms with van der Waals surface area (Å²) in [6, 6.07) is 12.5. The zero-order chi connectivity index (χ0) is 21.8. The Labute approximate surface area is 182 Å². The van der Waals surface area contributed by atoms with Gasteiger partial charge in [-0.05, 0) is 78.0 Å². The third kappa shape index (κ3) is 5.86. The van der Waals surface area contributed by atoms with Crippen molar-refractivity contribution in [2.45, 2.75) is 31.5 Å². The fraction of sp³-hybridized carbons (Fsp3) is 0.261. The van der Waals surface area contributed by atoms with Gasteiger partial charge in [-0.3, -0.25) is 0 Å². The van der Waals surface area contributed by atoms with E-state index in [0.29, 0.717) is 11.7 Å². The number of carbonyl (C=O) groups is 1. The van der Waals surface area contributed by atoms with E-state index in [1.807, 2.05) is 35.0 Å². The Bertz CT molecular complexity index is 1050. The van der Waals surface area contributed by atoms with Gasteiger partial charge < -0.3 is 16.0 Å². The summed E-state index contributed by atoms with van der Waals surface area (Å²) in [4.78, 5) is 12.6. The number of hydrogen-bond acceptors (Lipinski definition) is 3.